The zero-order chi connectivity index (χ0) is 21.0. The number of aromatic nitrogens is 2. The second-order valence-corrected chi connectivity index (χ2v) is 6.23. The first-order chi connectivity index (χ1) is 13.8. The molecule has 10 heteroatoms. The third-order valence-electron chi connectivity index (χ3n) is 3.90. The van der Waals surface area contributed by atoms with Crippen LogP contribution in [0, 0.1) is 15.9 Å². The Morgan fingerprint density at radius 1 is 1.10 bits per heavy atom. The second-order valence-electron chi connectivity index (χ2n) is 5.82. The van der Waals surface area contributed by atoms with Gasteiger partial charge < -0.3 is 9.72 Å². The summed E-state index contributed by atoms with van der Waals surface area (Å²) in [5.41, 5.74) is -2.06. The van der Waals surface area contributed by atoms with Crippen molar-refractivity contribution < 1.29 is 14.1 Å². The monoisotopic (exact) mass is 417 g/mol. The van der Waals surface area contributed by atoms with Gasteiger partial charge in [-0.05, 0) is 35.9 Å². The van der Waals surface area contributed by atoms with Crippen LogP contribution in [0.1, 0.15) is 16.8 Å². The average molecular weight is 418 g/mol. The van der Waals surface area contributed by atoms with Crippen molar-refractivity contribution in [2.24, 2.45) is 0 Å². The van der Waals surface area contributed by atoms with E-state index in [-0.39, 0.29) is 22.9 Å². The molecule has 2 aromatic carbocycles. The summed E-state index contributed by atoms with van der Waals surface area (Å²) >= 11 is 5.95. The second kappa shape index (κ2) is 8.53. The lowest BCUT2D eigenvalue weighted by Gasteiger charge is -2.09. The molecule has 0 unspecified atom stereocenters. The molecule has 3 rings (SSSR count). The molecular weight excluding hydrogens is 405 g/mol. The number of benzene rings is 2. The molecular formula is C19H13ClFN3O5. The van der Waals surface area contributed by atoms with E-state index in [1.54, 1.807) is 35.3 Å². The Morgan fingerprint density at radius 2 is 1.83 bits per heavy atom. The predicted octanol–water partition coefficient (Wildman–Crippen LogP) is 3.51. The van der Waals surface area contributed by atoms with E-state index in [1.807, 2.05) is 0 Å². The molecule has 0 amide bonds. The van der Waals surface area contributed by atoms with Crippen LogP contribution in [0.25, 0.3) is 12.2 Å². The van der Waals surface area contributed by atoms with Gasteiger partial charge >= 0.3 is 16.9 Å². The molecule has 0 bridgehead atoms. The number of nitro groups is 1. The van der Waals surface area contributed by atoms with Crippen molar-refractivity contribution in [1.29, 1.82) is 0 Å². The third kappa shape index (κ3) is 4.77. The number of ether oxygens (including phenoxy) is 1. The molecule has 0 aliphatic carbocycles. The van der Waals surface area contributed by atoms with Gasteiger partial charge in [-0.3, -0.25) is 19.9 Å². The van der Waals surface area contributed by atoms with Gasteiger partial charge in [-0.25, -0.2) is 9.18 Å². The fraction of sp³-hybridized carbons (Fsp3) is 0.0526. The smallest absolute Gasteiger partial charge is 0.357 e. The molecule has 0 atom stereocenters. The van der Waals surface area contributed by atoms with Crippen LogP contribution in [0.2, 0.25) is 5.02 Å². The number of halogens is 2. The van der Waals surface area contributed by atoms with Gasteiger partial charge in [-0.1, -0.05) is 35.9 Å². The maximum Gasteiger partial charge on any atom is 0.357 e. The largest absolute Gasteiger partial charge is 0.489 e. The van der Waals surface area contributed by atoms with E-state index in [4.69, 9.17) is 16.3 Å². The van der Waals surface area contributed by atoms with Gasteiger partial charge in [0.05, 0.1) is 9.95 Å². The lowest BCUT2D eigenvalue weighted by atomic mass is 10.2. The molecule has 2 N–H and O–H groups in total. The standard InChI is InChI=1S/C19H13ClFN3O5/c20-14-2-1-3-15(21)13(14)10-29-12-7-4-11(5-8-12)6-9-16-17(24(27)28)18(25)23-19(26)22-16/h1-9H,10H2,(H2,22,23,25,26)/b9-6+. The number of hydrogen-bond acceptors (Lipinski definition) is 5. The molecule has 0 aliphatic heterocycles. The molecule has 148 valence electrons. The van der Waals surface area contributed by atoms with Crippen LogP contribution in [0.15, 0.2) is 52.1 Å². The minimum atomic E-state index is -1.09. The SMILES string of the molecule is O=c1[nH]c(/C=C/c2ccc(OCc3c(F)cccc3Cl)cc2)c([N+](=O)[O-])c(=O)[nH]1. The predicted molar refractivity (Wildman–Crippen MR) is 105 cm³/mol. The van der Waals surface area contributed by atoms with Crippen molar-refractivity contribution in [2.75, 3.05) is 0 Å². The van der Waals surface area contributed by atoms with E-state index >= 15 is 0 Å². The van der Waals surface area contributed by atoms with Gasteiger partial charge in [0.25, 0.3) is 0 Å². The van der Waals surface area contributed by atoms with Crippen molar-refractivity contribution in [1.82, 2.24) is 9.97 Å². The molecule has 29 heavy (non-hydrogen) atoms. The summed E-state index contributed by atoms with van der Waals surface area (Å²) < 4.78 is 19.3. The Morgan fingerprint density at radius 3 is 2.48 bits per heavy atom. The summed E-state index contributed by atoms with van der Waals surface area (Å²) in [4.78, 5) is 37.1. The molecule has 0 saturated heterocycles. The van der Waals surface area contributed by atoms with E-state index in [1.165, 1.54) is 24.3 Å². The molecule has 8 nitrogen and oxygen atoms in total. The topological polar surface area (TPSA) is 118 Å². The highest BCUT2D eigenvalue weighted by atomic mass is 35.5. The summed E-state index contributed by atoms with van der Waals surface area (Å²) in [5, 5.41) is 11.3. The van der Waals surface area contributed by atoms with Gasteiger partial charge in [-0.2, -0.15) is 0 Å². The lowest BCUT2D eigenvalue weighted by molar-refractivity contribution is -0.386. The summed E-state index contributed by atoms with van der Waals surface area (Å²) in [6.07, 6.45) is 2.74. The van der Waals surface area contributed by atoms with Crippen molar-refractivity contribution in [3.8, 4) is 5.75 Å². The first-order valence-corrected chi connectivity index (χ1v) is 8.58. The molecule has 0 aliphatic rings. The van der Waals surface area contributed by atoms with Gasteiger partial charge in [0, 0.05) is 5.56 Å². The zero-order valence-electron chi connectivity index (χ0n) is 14.6. The first kappa shape index (κ1) is 20.0. The molecule has 0 radical (unpaired) electrons. The molecule has 0 spiro atoms. The van der Waals surface area contributed by atoms with E-state index in [2.05, 4.69) is 4.98 Å². The number of rotatable bonds is 6. The Balaban J connectivity index is 1.75. The summed E-state index contributed by atoms with van der Waals surface area (Å²) in [7, 11) is 0. The number of H-pyrrole nitrogens is 2. The number of nitrogens with zero attached hydrogens (tertiary/aromatic N) is 1. The van der Waals surface area contributed by atoms with Crippen molar-refractivity contribution in [3.63, 3.8) is 0 Å². The Labute approximate surface area is 167 Å². The number of aromatic amines is 2. The zero-order valence-corrected chi connectivity index (χ0v) is 15.4. The van der Waals surface area contributed by atoms with Gasteiger partial charge in [0.1, 0.15) is 23.9 Å². The summed E-state index contributed by atoms with van der Waals surface area (Å²) in [5.74, 6) is -0.0116. The number of nitrogens with one attached hydrogen (secondary N) is 2. The summed E-state index contributed by atoms with van der Waals surface area (Å²) in [6.45, 7) is -0.0546. The molecule has 3 aromatic rings. The fourth-order valence-corrected chi connectivity index (χ4v) is 2.70. The van der Waals surface area contributed by atoms with Crippen LogP contribution in [-0.2, 0) is 6.61 Å². The molecule has 1 aromatic heterocycles. The third-order valence-corrected chi connectivity index (χ3v) is 4.25. The van der Waals surface area contributed by atoms with Crippen molar-refractivity contribution >= 4 is 29.4 Å². The fourth-order valence-electron chi connectivity index (χ4n) is 2.48. The maximum atomic E-state index is 13.8. The van der Waals surface area contributed by atoms with Crippen LogP contribution in [0.3, 0.4) is 0 Å². The highest BCUT2D eigenvalue weighted by Gasteiger charge is 2.18. The van der Waals surface area contributed by atoms with E-state index in [9.17, 15) is 24.1 Å². The van der Waals surface area contributed by atoms with E-state index in [0.717, 1.165) is 0 Å². The highest BCUT2D eigenvalue weighted by Crippen LogP contribution is 2.22. The van der Waals surface area contributed by atoms with Crippen LogP contribution in [0.5, 0.6) is 5.75 Å². The molecule has 0 fully saturated rings. The number of hydrogen-bond donors (Lipinski definition) is 2. The Kier molecular flexibility index (Phi) is 5.89. The molecule has 0 saturated carbocycles. The Bertz CT molecular complexity index is 1180. The summed E-state index contributed by atoms with van der Waals surface area (Å²) in [6, 6.07) is 10.9. The highest BCUT2D eigenvalue weighted by molar-refractivity contribution is 6.31. The van der Waals surface area contributed by atoms with Crippen LogP contribution in [-0.4, -0.2) is 14.9 Å². The van der Waals surface area contributed by atoms with Crippen molar-refractivity contribution in [2.45, 2.75) is 6.61 Å². The van der Waals surface area contributed by atoms with E-state index in [0.29, 0.717) is 11.3 Å². The minimum Gasteiger partial charge on any atom is -0.489 e. The van der Waals surface area contributed by atoms with Crippen LogP contribution < -0.4 is 16.0 Å². The van der Waals surface area contributed by atoms with Crippen molar-refractivity contribution in [3.05, 3.63) is 101 Å². The maximum absolute atomic E-state index is 13.8. The minimum absolute atomic E-state index is 0.0546. The van der Waals surface area contributed by atoms with Gasteiger partial charge in [0.2, 0.25) is 0 Å². The first-order valence-electron chi connectivity index (χ1n) is 8.20. The lowest BCUT2D eigenvalue weighted by Crippen LogP contribution is -2.25. The molecule has 1 heterocycles. The van der Waals surface area contributed by atoms with Gasteiger partial charge in [0.15, 0.2) is 0 Å². The quantitative estimate of drug-likeness (QED) is 0.470. The van der Waals surface area contributed by atoms with Crippen LogP contribution in [0.4, 0.5) is 10.1 Å². The Hall–Kier alpha value is -3.72. The van der Waals surface area contributed by atoms with Crippen LogP contribution >= 0.6 is 11.6 Å². The normalized spacial score (nSPS) is 11.0. The van der Waals surface area contributed by atoms with Gasteiger partial charge in [-0.15, -0.1) is 0 Å². The average Bonchev–Trinajstić information content (AvgIpc) is 2.66. The van der Waals surface area contributed by atoms with E-state index < -0.39 is 27.7 Å².